The van der Waals surface area contributed by atoms with Gasteiger partial charge in [0.1, 0.15) is 0 Å². The summed E-state index contributed by atoms with van der Waals surface area (Å²) in [6.07, 6.45) is 6.05. The monoisotopic (exact) mass is 197 g/mol. The van der Waals surface area contributed by atoms with Crippen LogP contribution in [0.5, 0.6) is 0 Å². The highest BCUT2D eigenvalue weighted by atomic mass is 32.2. The first kappa shape index (κ1) is 8.21. The Labute approximate surface area is 75.0 Å². The fourth-order valence-corrected chi connectivity index (χ4v) is 1.62. The molecule has 2 rings (SSSR count). The van der Waals surface area contributed by atoms with Gasteiger partial charge in [0.15, 0.2) is 0 Å². The fourth-order valence-electron chi connectivity index (χ4n) is 1.10. The molecule has 0 unspecified atom stereocenters. The van der Waals surface area contributed by atoms with Gasteiger partial charge in [-0.05, 0) is 6.07 Å². The summed E-state index contributed by atoms with van der Waals surface area (Å²) < 4.78 is 22.8. The molecule has 0 saturated heterocycles. The Morgan fingerprint density at radius 1 is 1.31 bits per heavy atom. The largest absolute Gasteiger partial charge is 0.302 e. The second-order valence-electron chi connectivity index (χ2n) is 2.64. The van der Waals surface area contributed by atoms with Crippen LogP contribution in [0.15, 0.2) is 30.9 Å². The van der Waals surface area contributed by atoms with Gasteiger partial charge in [-0.3, -0.25) is 4.98 Å². The van der Waals surface area contributed by atoms with Crippen LogP contribution in [0.4, 0.5) is 0 Å². The number of hydrogen-bond donors (Lipinski definition) is 1. The number of rotatable bonds is 1. The molecular weight excluding hydrogens is 190 g/mol. The lowest BCUT2D eigenvalue weighted by Crippen LogP contribution is -2.19. The summed E-state index contributed by atoms with van der Waals surface area (Å²) in [5.41, 5.74) is 0. The third-order valence-electron chi connectivity index (χ3n) is 1.71. The van der Waals surface area contributed by atoms with Gasteiger partial charge in [-0.25, -0.2) is 9.11 Å². The van der Waals surface area contributed by atoms with E-state index >= 15 is 0 Å². The van der Waals surface area contributed by atoms with Gasteiger partial charge in [0, 0.05) is 35.6 Å². The molecule has 2 aromatic heterocycles. The van der Waals surface area contributed by atoms with Gasteiger partial charge in [0.25, 0.3) is 0 Å². The Bertz CT molecular complexity index is 511. The zero-order valence-electron chi connectivity index (χ0n) is 6.58. The van der Waals surface area contributed by atoms with Crippen molar-refractivity contribution in [1.29, 1.82) is 0 Å². The van der Waals surface area contributed by atoms with Crippen LogP contribution in [0, 0.1) is 0 Å². The summed E-state index contributed by atoms with van der Waals surface area (Å²) in [4.78, 5) is 3.86. The van der Waals surface area contributed by atoms with E-state index in [1.807, 2.05) is 0 Å². The lowest BCUT2D eigenvalue weighted by molar-refractivity contribution is 0.589. The zero-order valence-corrected chi connectivity index (χ0v) is 7.40. The molecule has 2 heterocycles. The molecule has 2 N–H and O–H groups in total. The molecule has 2 aromatic rings. The van der Waals surface area contributed by atoms with Crippen molar-refractivity contribution in [3.05, 3.63) is 30.9 Å². The fraction of sp³-hybridized carbons (Fsp3) is 0. The quantitative estimate of drug-likeness (QED) is 0.703. The second-order valence-corrected chi connectivity index (χ2v) is 4.09. The first-order valence-corrected chi connectivity index (χ1v) is 5.03. The molecule has 0 aliphatic heterocycles. The van der Waals surface area contributed by atoms with Gasteiger partial charge in [-0.15, -0.1) is 0 Å². The average Bonchev–Trinajstić information content (AvgIpc) is 2.45. The van der Waals surface area contributed by atoms with Crippen LogP contribution in [-0.4, -0.2) is 17.4 Å². The molecule has 68 valence electrons. The molecule has 0 amide bonds. The van der Waals surface area contributed by atoms with Crippen LogP contribution in [0.1, 0.15) is 0 Å². The highest BCUT2D eigenvalue weighted by molar-refractivity contribution is 7.87. The number of pyridine rings is 1. The smallest absolute Gasteiger partial charge is 0.264 e. The van der Waals surface area contributed by atoms with E-state index in [0.29, 0.717) is 0 Å². The summed E-state index contributed by atoms with van der Waals surface area (Å²) in [6.45, 7) is 0. The molecule has 13 heavy (non-hydrogen) atoms. The first-order chi connectivity index (χ1) is 6.07. The molecule has 6 heteroatoms. The van der Waals surface area contributed by atoms with Gasteiger partial charge in [0.2, 0.25) is 0 Å². The molecule has 0 radical (unpaired) electrons. The van der Waals surface area contributed by atoms with Gasteiger partial charge in [0.05, 0.1) is 0 Å². The van der Waals surface area contributed by atoms with E-state index in [2.05, 4.69) is 4.98 Å². The molecule has 0 aromatic carbocycles. The highest BCUT2D eigenvalue weighted by Crippen LogP contribution is 2.13. The predicted molar refractivity (Wildman–Crippen MR) is 48.2 cm³/mol. The van der Waals surface area contributed by atoms with Gasteiger partial charge in [-0.2, -0.15) is 8.42 Å². The molecule has 0 fully saturated rings. The van der Waals surface area contributed by atoms with E-state index in [4.69, 9.17) is 5.14 Å². The Balaban J connectivity index is 2.77. The van der Waals surface area contributed by atoms with Crippen molar-refractivity contribution in [3.63, 3.8) is 0 Å². The van der Waals surface area contributed by atoms with Crippen molar-refractivity contribution in [2.45, 2.75) is 0 Å². The third kappa shape index (κ3) is 1.41. The summed E-state index contributed by atoms with van der Waals surface area (Å²) in [6, 6.07) is 1.72. The number of hydrogen-bond acceptors (Lipinski definition) is 3. The third-order valence-corrected chi connectivity index (χ3v) is 2.51. The van der Waals surface area contributed by atoms with E-state index in [0.717, 1.165) is 14.7 Å². The molecule has 0 atom stereocenters. The molecule has 0 aliphatic rings. The summed E-state index contributed by atoms with van der Waals surface area (Å²) in [5, 5.41) is 6.48. The van der Waals surface area contributed by atoms with Gasteiger partial charge < -0.3 is 0 Å². The van der Waals surface area contributed by atoms with E-state index in [1.165, 1.54) is 12.4 Å². The molecule has 5 nitrogen and oxygen atoms in total. The lowest BCUT2D eigenvalue weighted by atomic mass is 10.3. The van der Waals surface area contributed by atoms with Crippen molar-refractivity contribution in [1.82, 2.24) is 8.96 Å². The number of fused-ring (bicyclic) bond motifs is 1. The average molecular weight is 197 g/mol. The van der Waals surface area contributed by atoms with Crippen molar-refractivity contribution in [2.75, 3.05) is 0 Å². The summed E-state index contributed by atoms with van der Waals surface area (Å²) >= 11 is 0. The number of nitrogens with zero attached hydrogens (tertiary/aromatic N) is 2. The van der Waals surface area contributed by atoms with E-state index in [9.17, 15) is 8.42 Å². The number of aromatic nitrogens is 2. The molecular formula is C7H7N3O2S. The molecule has 0 bridgehead atoms. The number of nitrogens with two attached hydrogens (primary N) is 1. The highest BCUT2D eigenvalue weighted by Gasteiger charge is 2.06. The van der Waals surface area contributed by atoms with Crippen LogP contribution >= 0.6 is 0 Å². The predicted octanol–water partition coefficient (Wildman–Crippen LogP) is 0.0879. The van der Waals surface area contributed by atoms with Gasteiger partial charge in [-0.1, -0.05) is 0 Å². The van der Waals surface area contributed by atoms with Crippen molar-refractivity contribution in [3.8, 4) is 0 Å². The maximum Gasteiger partial charge on any atom is 0.302 e. The van der Waals surface area contributed by atoms with Crippen LogP contribution < -0.4 is 5.14 Å². The van der Waals surface area contributed by atoms with Crippen molar-refractivity contribution < 1.29 is 8.42 Å². The SMILES string of the molecule is NS(=O)(=O)n1cc2ccncc2c1. The maximum atomic E-state index is 10.9. The minimum Gasteiger partial charge on any atom is -0.264 e. The minimum absolute atomic E-state index is 0.747. The van der Waals surface area contributed by atoms with Crippen LogP contribution in [0.2, 0.25) is 0 Å². The van der Waals surface area contributed by atoms with Crippen molar-refractivity contribution >= 4 is 21.0 Å². The van der Waals surface area contributed by atoms with E-state index in [1.54, 1.807) is 18.5 Å². The Kier molecular flexibility index (Phi) is 1.61. The molecule has 0 spiro atoms. The zero-order chi connectivity index (χ0) is 9.47. The maximum absolute atomic E-state index is 10.9. The normalized spacial score (nSPS) is 12.1. The van der Waals surface area contributed by atoms with E-state index in [-0.39, 0.29) is 0 Å². The summed E-state index contributed by atoms with van der Waals surface area (Å²) in [7, 11) is -3.68. The standard InChI is InChI=1S/C7H7N3O2S/c8-13(11,12)10-4-6-1-2-9-3-7(6)5-10/h1-5H,(H2,8,11,12). The minimum atomic E-state index is -3.68. The van der Waals surface area contributed by atoms with Crippen LogP contribution in [0.3, 0.4) is 0 Å². The van der Waals surface area contributed by atoms with Crippen molar-refractivity contribution in [2.24, 2.45) is 5.14 Å². The van der Waals surface area contributed by atoms with Gasteiger partial charge >= 0.3 is 10.2 Å². The van der Waals surface area contributed by atoms with Crippen LogP contribution in [-0.2, 0) is 10.2 Å². The van der Waals surface area contributed by atoms with Crippen LogP contribution in [0.25, 0.3) is 10.8 Å². The Morgan fingerprint density at radius 2 is 2.00 bits per heavy atom. The first-order valence-electron chi connectivity index (χ1n) is 3.52. The molecule has 0 aliphatic carbocycles. The topological polar surface area (TPSA) is 78.0 Å². The summed E-state index contributed by atoms with van der Waals surface area (Å²) in [5.74, 6) is 0. The molecule has 0 saturated carbocycles. The lowest BCUT2D eigenvalue weighted by Gasteiger charge is -1.94. The second kappa shape index (κ2) is 2.54. The Morgan fingerprint density at radius 3 is 2.62 bits per heavy atom. The van der Waals surface area contributed by atoms with E-state index < -0.39 is 10.2 Å². The Hall–Kier alpha value is -1.40.